The molecule has 4 heteroatoms. The molecule has 0 radical (unpaired) electrons. The predicted molar refractivity (Wildman–Crippen MR) is 71.0 cm³/mol. The van der Waals surface area contributed by atoms with Crippen LogP contribution in [0.5, 0.6) is 0 Å². The van der Waals surface area contributed by atoms with Gasteiger partial charge in [-0.2, -0.15) is 0 Å². The highest BCUT2D eigenvalue weighted by atomic mass is 32.1. The maximum absolute atomic E-state index is 11.9. The molecule has 94 valence electrons. The Morgan fingerprint density at radius 2 is 2.29 bits per heavy atom. The average Bonchev–Trinajstić information content (AvgIpc) is 2.83. The van der Waals surface area contributed by atoms with E-state index in [1.54, 1.807) is 11.3 Å². The fraction of sp³-hybridized carbons (Fsp3) is 0.615. The number of rotatable bonds is 3. The third-order valence-electron chi connectivity index (χ3n) is 3.56. The first-order valence-electron chi connectivity index (χ1n) is 6.17. The standard InChI is InChI=1S/C13H20N2OS/c1-8-6-10(17-9(8)2)7-15-13(16)11-4-3-5-12(11)14/h6,11-12H,3-5,7,14H2,1-2H3,(H,15,16). The quantitative estimate of drug-likeness (QED) is 0.865. The molecule has 3 N–H and O–H groups in total. The highest BCUT2D eigenvalue weighted by Crippen LogP contribution is 2.24. The highest BCUT2D eigenvalue weighted by molar-refractivity contribution is 7.12. The monoisotopic (exact) mass is 252 g/mol. The molecule has 2 rings (SSSR count). The van der Waals surface area contributed by atoms with Gasteiger partial charge in [0.1, 0.15) is 0 Å². The Hall–Kier alpha value is -0.870. The van der Waals surface area contributed by atoms with Gasteiger partial charge in [-0.05, 0) is 38.3 Å². The van der Waals surface area contributed by atoms with E-state index in [0.717, 1.165) is 19.3 Å². The lowest BCUT2D eigenvalue weighted by molar-refractivity contribution is -0.125. The van der Waals surface area contributed by atoms with Gasteiger partial charge in [0, 0.05) is 15.8 Å². The van der Waals surface area contributed by atoms with Crippen molar-refractivity contribution < 1.29 is 4.79 Å². The smallest absolute Gasteiger partial charge is 0.224 e. The van der Waals surface area contributed by atoms with Crippen molar-refractivity contribution in [2.24, 2.45) is 11.7 Å². The number of amides is 1. The molecule has 2 unspecified atom stereocenters. The van der Waals surface area contributed by atoms with E-state index in [-0.39, 0.29) is 17.9 Å². The largest absolute Gasteiger partial charge is 0.351 e. The van der Waals surface area contributed by atoms with Gasteiger partial charge < -0.3 is 11.1 Å². The minimum Gasteiger partial charge on any atom is -0.351 e. The lowest BCUT2D eigenvalue weighted by atomic mass is 10.0. The fourth-order valence-corrected chi connectivity index (χ4v) is 3.35. The van der Waals surface area contributed by atoms with Crippen molar-refractivity contribution in [3.8, 4) is 0 Å². The molecule has 0 bridgehead atoms. The summed E-state index contributed by atoms with van der Waals surface area (Å²) in [6, 6.07) is 2.20. The van der Waals surface area contributed by atoms with E-state index < -0.39 is 0 Å². The van der Waals surface area contributed by atoms with Crippen molar-refractivity contribution in [1.82, 2.24) is 5.32 Å². The number of hydrogen-bond donors (Lipinski definition) is 2. The molecule has 1 aromatic heterocycles. The lowest BCUT2D eigenvalue weighted by Crippen LogP contribution is -2.38. The normalized spacial score (nSPS) is 23.9. The molecule has 1 aliphatic carbocycles. The van der Waals surface area contributed by atoms with Crippen LogP contribution in [0.15, 0.2) is 6.07 Å². The van der Waals surface area contributed by atoms with Crippen LogP contribution in [-0.2, 0) is 11.3 Å². The molecule has 0 aromatic carbocycles. The molecule has 17 heavy (non-hydrogen) atoms. The summed E-state index contributed by atoms with van der Waals surface area (Å²) in [5.41, 5.74) is 7.22. The Morgan fingerprint density at radius 3 is 2.82 bits per heavy atom. The second-order valence-corrected chi connectivity index (χ2v) is 6.21. The number of nitrogens with two attached hydrogens (primary N) is 1. The molecule has 1 amide bonds. The lowest BCUT2D eigenvalue weighted by Gasteiger charge is -2.14. The zero-order valence-corrected chi connectivity index (χ0v) is 11.3. The Labute approximate surface area is 106 Å². The zero-order valence-electron chi connectivity index (χ0n) is 10.5. The third-order valence-corrected chi connectivity index (χ3v) is 4.71. The van der Waals surface area contributed by atoms with Crippen LogP contribution in [0.25, 0.3) is 0 Å². The summed E-state index contributed by atoms with van der Waals surface area (Å²) in [5, 5.41) is 3.00. The van der Waals surface area contributed by atoms with Crippen molar-refractivity contribution in [2.75, 3.05) is 0 Å². The van der Waals surface area contributed by atoms with Gasteiger partial charge >= 0.3 is 0 Å². The van der Waals surface area contributed by atoms with E-state index in [9.17, 15) is 4.79 Å². The fourth-order valence-electron chi connectivity index (χ4n) is 2.36. The molecular weight excluding hydrogens is 232 g/mol. The number of nitrogens with one attached hydrogen (secondary N) is 1. The van der Waals surface area contributed by atoms with Crippen LogP contribution >= 0.6 is 11.3 Å². The van der Waals surface area contributed by atoms with E-state index in [1.807, 2.05) is 0 Å². The number of carbonyl (C=O) groups excluding carboxylic acids is 1. The highest BCUT2D eigenvalue weighted by Gasteiger charge is 2.29. The van der Waals surface area contributed by atoms with E-state index in [2.05, 4.69) is 25.2 Å². The van der Waals surface area contributed by atoms with Crippen molar-refractivity contribution in [3.63, 3.8) is 0 Å². The summed E-state index contributed by atoms with van der Waals surface area (Å²) in [4.78, 5) is 14.5. The van der Waals surface area contributed by atoms with Crippen LogP contribution in [0, 0.1) is 19.8 Å². The molecule has 2 atom stereocenters. The predicted octanol–water partition coefficient (Wildman–Crippen LogP) is 2.11. The van der Waals surface area contributed by atoms with Crippen LogP contribution in [-0.4, -0.2) is 11.9 Å². The van der Waals surface area contributed by atoms with Crippen LogP contribution in [0.4, 0.5) is 0 Å². The maximum atomic E-state index is 11.9. The van der Waals surface area contributed by atoms with Crippen molar-refractivity contribution in [3.05, 3.63) is 21.4 Å². The summed E-state index contributed by atoms with van der Waals surface area (Å²) in [6.45, 7) is 4.85. The van der Waals surface area contributed by atoms with Crippen LogP contribution in [0.3, 0.4) is 0 Å². The van der Waals surface area contributed by atoms with Gasteiger partial charge in [-0.25, -0.2) is 0 Å². The summed E-state index contributed by atoms with van der Waals surface area (Å²) >= 11 is 1.75. The number of carbonyl (C=O) groups is 1. The van der Waals surface area contributed by atoms with Crippen molar-refractivity contribution in [2.45, 2.75) is 45.7 Å². The molecule has 0 aliphatic heterocycles. The van der Waals surface area contributed by atoms with E-state index in [4.69, 9.17) is 5.73 Å². The molecule has 1 saturated carbocycles. The summed E-state index contributed by atoms with van der Waals surface area (Å²) in [7, 11) is 0. The molecule has 0 saturated heterocycles. The van der Waals surface area contributed by atoms with Crippen molar-refractivity contribution >= 4 is 17.2 Å². The van der Waals surface area contributed by atoms with E-state index in [1.165, 1.54) is 15.3 Å². The van der Waals surface area contributed by atoms with Gasteiger partial charge in [-0.3, -0.25) is 4.79 Å². The van der Waals surface area contributed by atoms with Crippen LogP contribution in [0.2, 0.25) is 0 Å². The molecule has 1 aromatic rings. The first-order valence-corrected chi connectivity index (χ1v) is 6.99. The first-order chi connectivity index (χ1) is 8.08. The summed E-state index contributed by atoms with van der Waals surface area (Å²) < 4.78 is 0. The Balaban J connectivity index is 1.87. The first kappa shape index (κ1) is 12.6. The van der Waals surface area contributed by atoms with Gasteiger partial charge in [0.2, 0.25) is 5.91 Å². The number of hydrogen-bond acceptors (Lipinski definition) is 3. The Kier molecular flexibility index (Phi) is 3.84. The van der Waals surface area contributed by atoms with E-state index in [0.29, 0.717) is 6.54 Å². The van der Waals surface area contributed by atoms with E-state index >= 15 is 0 Å². The molecule has 1 fully saturated rings. The second-order valence-electron chi connectivity index (χ2n) is 4.87. The van der Waals surface area contributed by atoms with Gasteiger partial charge in [0.15, 0.2) is 0 Å². The van der Waals surface area contributed by atoms with Gasteiger partial charge in [-0.1, -0.05) is 6.42 Å². The van der Waals surface area contributed by atoms with Gasteiger partial charge in [-0.15, -0.1) is 11.3 Å². The van der Waals surface area contributed by atoms with Gasteiger partial charge in [0.25, 0.3) is 0 Å². The summed E-state index contributed by atoms with van der Waals surface area (Å²) in [5.74, 6) is 0.149. The Morgan fingerprint density at radius 1 is 1.53 bits per heavy atom. The van der Waals surface area contributed by atoms with Crippen LogP contribution < -0.4 is 11.1 Å². The zero-order chi connectivity index (χ0) is 12.4. The average molecular weight is 252 g/mol. The minimum atomic E-state index is 0.0251. The molecule has 1 aliphatic rings. The van der Waals surface area contributed by atoms with Gasteiger partial charge in [0.05, 0.1) is 12.5 Å². The maximum Gasteiger partial charge on any atom is 0.224 e. The van der Waals surface area contributed by atoms with Crippen molar-refractivity contribution in [1.29, 1.82) is 0 Å². The molecule has 1 heterocycles. The summed E-state index contributed by atoms with van der Waals surface area (Å²) in [6.07, 6.45) is 3.00. The molecule has 3 nitrogen and oxygen atoms in total. The minimum absolute atomic E-state index is 0.0251. The molecule has 0 spiro atoms. The Bertz CT molecular complexity index is 394. The van der Waals surface area contributed by atoms with Crippen LogP contribution in [0.1, 0.15) is 34.6 Å². The second kappa shape index (κ2) is 5.19. The third kappa shape index (κ3) is 2.87. The number of thiophene rings is 1. The SMILES string of the molecule is Cc1cc(CNC(=O)C2CCCC2N)sc1C. The topological polar surface area (TPSA) is 55.1 Å². The molecular formula is C13H20N2OS. The number of aryl methyl sites for hydroxylation is 2.